The van der Waals surface area contributed by atoms with Crippen molar-refractivity contribution in [2.45, 2.75) is 31.1 Å². The van der Waals surface area contributed by atoms with E-state index in [-0.39, 0.29) is 18.4 Å². The molecule has 0 fully saturated rings. The lowest BCUT2D eigenvalue weighted by molar-refractivity contribution is -0.132. The number of hydrogen-bond acceptors (Lipinski definition) is 4. The Labute approximate surface area is 170 Å². The van der Waals surface area contributed by atoms with E-state index in [1.54, 1.807) is 36.3 Å². The number of aryl methyl sites for hydroxylation is 2. The Kier molecular flexibility index (Phi) is 6.98. The monoisotopic (exact) mass is 398 g/mol. The predicted molar refractivity (Wildman–Crippen MR) is 113 cm³/mol. The smallest absolute Gasteiger partial charge is 0.243 e. The molecule has 0 bridgehead atoms. The average molecular weight is 399 g/mol. The molecular weight excluding hydrogens is 372 g/mol. The third-order valence-corrected chi connectivity index (χ3v) is 5.85. The van der Waals surface area contributed by atoms with Gasteiger partial charge in [0.25, 0.3) is 0 Å². The van der Waals surface area contributed by atoms with E-state index in [9.17, 15) is 9.59 Å². The number of ether oxygens (including phenoxy) is 1. The largest absolute Gasteiger partial charge is 0.497 e. The molecular formula is C22H26N2O3S. The summed E-state index contributed by atoms with van der Waals surface area (Å²) in [5, 5.41) is 2.82. The summed E-state index contributed by atoms with van der Waals surface area (Å²) in [6.45, 7) is 2.43. The molecule has 0 saturated carbocycles. The van der Waals surface area contributed by atoms with Gasteiger partial charge in [0.15, 0.2) is 0 Å². The highest BCUT2D eigenvalue weighted by molar-refractivity contribution is 8.00. The number of benzene rings is 2. The van der Waals surface area contributed by atoms with Gasteiger partial charge in [-0.05, 0) is 73.7 Å². The first-order valence-corrected chi connectivity index (χ1v) is 10.5. The quantitative estimate of drug-likeness (QED) is 0.688. The maximum absolute atomic E-state index is 12.6. The molecule has 0 aliphatic heterocycles. The van der Waals surface area contributed by atoms with Crippen LogP contribution in [-0.4, -0.2) is 42.7 Å². The number of rotatable bonds is 8. The molecule has 1 aliphatic carbocycles. The number of amides is 2. The second kappa shape index (κ2) is 9.64. The van der Waals surface area contributed by atoms with Crippen molar-refractivity contribution in [2.24, 2.45) is 0 Å². The minimum absolute atomic E-state index is 0.0297. The molecule has 2 aromatic rings. The fourth-order valence-corrected chi connectivity index (χ4v) is 4.16. The molecule has 3 rings (SSSR count). The Bertz CT molecular complexity index is 836. The van der Waals surface area contributed by atoms with Crippen LogP contribution in [0.15, 0.2) is 47.4 Å². The fraction of sp³-hybridized carbons (Fsp3) is 0.364. The van der Waals surface area contributed by atoms with E-state index >= 15 is 0 Å². The van der Waals surface area contributed by atoms with Crippen molar-refractivity contribution < 1.29 is 14.3 Å². The van der Waals surface area contributed by atoms with Crippen molar-refractivity contribution in [3.05, 3.63) is 53.6 Å². The number of anilines is 1. The van der Waals surface area contributed by atoms with E-state index in [0.29, 0.717) is 18.0 Å². The average Bonchev–Trinajstić information content (AvgIpc) is 3.18. The van der Waals surface area contributed by atoms with Gasteiger partial charge in [-0.1, -0.05) is 6.07 Å². The highest BCUT2D eigenvalue weighted by atomic mass is 32.2. The second-order valence-electron chi connectivity index (χ2n) is 6.76. The molecule has 0 radical (unpaired) electrons. The lowest BCUT2D eigenvalue weighted by Crippen LogP contribution is -2.38. The van der Waals surface area contributed by atoms with Crippen molar-refractivity contribution in [1.29, 1.82) is 0 Å². The topological polar surface area (TPSA) is 58.6 Å². The molecule has 148 valence electrons. The number of nitrogens with zero attached hydrogens (tertiary/aromatic N) is 1. The lowest BCUT2D eigenvalue weighted by atomic mass is 10.1. The fourth-order valence-electron chi connectivity index (χ4n) is 3.30. The van der Waals surface area contributed by atoms with E-state index in [1.165, 1.54) is 29.3 Å². The first kappa shape index (κ1) is 20.3. The molecule has 1 N–H and O–H groups in total. The molecule has 0 saturated heterocycles. The second-order valence-corrected chi connectivity index (χ2v) is 7.81. The van der Waals surface area contributed by atoms with E-state index in [1.807, 2.05) is 6.92 Å². The minimum atomic E-state index is -0.206. The Morgan fingerprint density at radius 3 is 2.57 bits per heavy atom. The van der Waals surface area contributed by atoms with Gasteiger partial charge in [0.2, 0.25) is 11.8 Å². The molecule has 28 heavy (non-hydrogen) atoms. The van der Waals surface area contributed by atoms with Crippen molar-refractivity contribution in [1.82, 2.24) is 4.90 Å². The molecule has 2 aromatic carbocycles. The zero-order valence-electron chi connectivity index (χ0n) is 16.4. The number of likely N-dealkylation sites (N-methyl/N-ethyl adjacent to an activating group) is 1. The summed E-state index contributed by atoms with van der Waals surface area (Å²) in [5.74, 6) is 0.829. The summed E-state index contributed by atoms with van der Waals surface area (Å²) in [5.41, 5.74) is 3.52. The zero-order chi connectivity index (χ0) is 19.9. The van der Waals surface area contributed by atoms with Gasteiger partial charge < -0.3 is 15.0 Å². The maximum atomic E-state index is 12.6. The number of fused-ring (bicyclic) bond motifs is 1. The van der Waals surface area contributed by atoms with Crippen molar-refractivity contribution >= 4 is 29.3 Å². The molecule has 6 heteroatoms. The third-order valence-electron chi connectivity index (χ3n) is 4.87. The van der Waals surface area contributed by atoms with Crippen LogP contribution in [0.5, 0.6) is 5.75 Å². The van der Waals surface area contributed by atoms with Crippen LogP contribution in [0.1, 0.15) is 24.5 Å². The van der Waals surface area contributed by atoms with E-state index in [4.69, 9.17) is 4.74 Å². The van der Waals surface area contributed by atoms with Crippen LogP contribution in [0.25, 0.3) is 0 Å². The Hall–Kier alpha value is -2.47. The zero-order valence-corrected chi connectivity index (χ0v) is 17.2. The summed E-state index contributed by atoms with van der Waals surface area (Å²) in [4.78, 5) is 27.6. The number of thioether (sulfide) groups is 1. The van der Waals surface area contributed by atoms with Gasteiger partial charge in [-0.25, -0.2) is 0 Å². The molecule has 0 atom stereocenters. The summed E-state index contributed by atoms with van der Waals surface area (Å²) in [6, 6.07) is 13.6. The maximum Gasteiger partial charge on any atom is 0.243 e. The minimum Gasteiger partial charge on any atom is -0.497 e. The molecule has 0 unspecified atom stereocenters. The molecule has 0 aromatic heterocycles. The number of carbonyl (C=O) groups excluding carboxylic acids is 2. The van der Waals surface area contributed by atoms with E-state index in [2.05, 4.69) is 23.5 Å². The van der Waals surface area contributed by atoms with Crippen LogP contribution in [0.4, 0.5) is 5.69 Å². The van der Waals surface area contributed by atoms with Gasteiger partial charge in [-0.2, -0.15) is 0 Å². The van der Waals surface area contributed by atoms with Gasteiger partial charge >= 0.3 is 0 Å². The first-order chi connectivity index (χ1) is 13.6. The Morgan fingerprint density at radius 2 is 1.86 bits per heavy atom. The first-order valence-electron chi connectivity index (χ1n) is 9.55. The SMILES string of the molecule is CCN(CC(=O)Nc1ccc(OC)cc1)C(=O)CSc1ccc2c(c1)CCC2. The van der Waals surface area contributed by atoms with Gasteiger partial charge in [-0.3, -0.25) is 9.59 Å². The van der Waals surface area contributed by atoms with E-state index < -0.39 is 0 Å². The standard InChI is InChI=1S/C22H26N2O3S/c1-3-24(14-21(25)23-18-8-10-19(27-2)11-9-18)22(26)15-28-20-12-7-16-5-4-6-17(16)13-20/h7-13H,3-6,14-15H2,1-2H3,(H,23,25). The Balaban J connectivity index is 1.50. The predicted octanol–water partition coefficient (Wildman–Crippen LogP) is 3.76. The summed E-state index contributed by atoms with van der Waals surface area (Å²) in [7, 11) is 1.60. The molecule has 5 nitrogen and oxygen atoms in total. The number of carbonyl (C=O) groups is 2. The molecule has 2 amide bonds. The van der Waals surface area contributed by atoms with Gasteiger partial charge in [0.1, 0.15) is 5.75 Å². The van der Waals surface area contributed by atoms with Crippen LogP contribution >= 0.6 is 11.8 Å². The van der Waals surface area contributed by atoms with Crippen molar-refractivity contribution in [2.75, 3.05) is 31.3 Å². The highest BCUT2D eigenvalue weighted by Gasteiger charge is 2.17. The van der Waals surface area contributed by atoms with Crippen molar-refractivity contribution in [3.8, 4) is 5.75 Å². The summed E-state index contributed by atoms with van der Waals surface area (Å²) >= 11 is 1.54. The van der Waals surface area contributed by atoms with Crippen LogP contribution < -0.4 is 10.1 Å². The van der Waals surface area contributed by atoms with Crippen LogP contribution in [0.2, 0.25) is 0 Å². The molecule has 0 heterocycles. The number of methoxy groups -OCH3 is 1. The number of nitrogens with one attached hydrogen (secondary N) is 1. The van der Waals surface area contributed by atoms with Gasteiger partial charge in [0.05, 0.1) is 19.4 Å². The summed E-state index contributed by atoms with van der Waals surface area (Å²) < 4.78 is 5.11. The molecule has 1 aliphatic rings. The molecule has 0 spiro atoms. The third kappa shape index (κ3) is 5.29. The van der Waals surface area contributed by atoms with E-state index in [0.717, 1.165) is 23.5 Å². The normalized spacial score (nSPS) is 12.4. The van der Waals surface area contributed by atoms with Crippen LogP contribution in [-0.2, 0) is 22.4 Å². The number of hydrogen-bond donors (Lipinski definition) is 1. The lowest BCUT2D eigenvalue weighted by Gasteiger charge is -2.20. The summed E-state index contributed by atoms with van der Waals surface area (Å²) in [6.07, 6.45) is 3.51. The van der Waals surface area contributed by atoms with Gasteiger partial charge in [0, 0.05) is 17.1 Å². The van der Waals surface area contributed by atoms with Crippen molar-refractivity contribution in [3.63, 3.8) is 0 Å². The highest BCUT2D eigenvalue weighted by Crippen LogP contribution is 2.27. The van der Waals surface area contributed by atoms with Crippen LogP contribution in [0, 0.1) is 0 Å². The Morgan fingerprint density at radius 1 is 1.11 bits per heavy atom. The van der Waals surface area contributed by atoms with Crippen LogP contribution in [0.3, 0.4) is 0 Å². The van der Waals surface area contributed by atoms with Gasteiger partial charge in [-0.15, -0.1) is 11.8 Å².